The maximum absolute atomic E-state index is 9.81. The fraction of sp³-hybridized carbons (Fsp3) is 0.800. The van der Waals surface area contributed by atoms with Crippen molar-refractivity contribution < 1.29 is 5.11 Å². The summed E-state index contributed by atoms with van der Waals surface area (Å²) in [5.41, 5.74) is -0.468. The van der Waals surface area contributed by atoms with E-state index in [-0.39, 0.29) is 0 Å². The van der Waals surface area contributed by atoms with Crippen LogP contribution in [0.3, 0.4) is 0 Å². The minimum absolute atomic E-state index is 0.468. The fourth-order valence-electron chi connectivity index (χ4n) is 2.59. The number of hydrogen-bond acceptors (Lipinski definition) is 1. The van der Waals surface area contributed by atoms with Crippen LogP contribution in [0.5, 0.6) is 0 Å². The van der Waals surface area contributed by atoms with Crippen molar-refractivity contribution in [2.45, 2.75) is 32.3 Å². The lowest BCUT2D eigenvalue weighted by atomic mass is 9.81. The van der Waals surface area contributed by atoms with Gasteiger partial charge in [0.1, 0.15) is 0 Å². The number of allylic oxidation sites excluding steroid dienone is 2. The molecule has 0 saturated heterocycles. The van der Waals surface area contributed by atoms with E-state index in [4.69, 9.17) is 0 Å². The van der Waals surface area contributed by atoms with Gasteiger partial charge in [-0.15, -0.1) is 0 Å². The molecule has 2 bridgehead atoms. The molecular weight excluding hydrogens is 136 g/mol. The Labute approximate surface area is 68.1 Å². The van der Waals surface area contributed by atoms with Crippen LogP contribution in [0.2, 0.25) is 0 Å². The molecule has 3 atom stereocenters. The molecule has 1 saturated carbocycles. The van der Waals surface area contributed by atoms with Crippen LogP contribution in [0.1, 0.15) is 26.7 Å². The average molecular weight is 152 g/mol. The number of aliphatic hydroxyl groups is 1. The van der Waals surface area contributed by atoms with E-state index < -0.39 is 5.60 Å². The van der Waals surface area contributed by atoms with Gasteiger partial charge >= 0.3 is 0 Å². The predicted molar refractivity (Wildman–Crippen MR) is 45.1 cm³/mol. The molecule has 0 radical (unpaired) electrons. The van der Waals surface area contributed by atoms with Gasteiger partial charge in [0.05, 0.1) is 5.60 Å². The first kappa shape index (κ1) is 7.35. The van der Waals surface area contributed by atoms with Crippen LogP contribution in [0, 0.1) is 17.8 Å². The Bertz CT molecular complexity index is 188. The molecule has 1 nitrogen and oxygen atoms in total. The highest BCUT2D eigenvalue weighted by Crippen LogP contribution is 2.47. The van der Waals surface area contributed by atoms with Crippen molar-refractivity contribution in [1.82, 2.24) is 0 Å². The van der Waals surface area contributed by atoms with Gasteiger partial charge in [-0.3, -0.25) is 0 Å². The maximum Gasteiger partial charge on any atom is 0.0625 e. The summed E-state index contributed by atoms with van der Waals surface area (Å²) in [7, 11) is 0. The van der Waals surface area contributed by atoms with Crippen molar-refractivity contribution in [3.8, 4) is 0 Å². The Morgan fingerprint density at radius 3 is 2.27 bits per heavy atom. The topological polar surface area (TPSA) is 20.2 Å². The van der Waals surface area contributed by atoms with Crippen molar-refractivity contribution in [1.29, 1.82) is 0 Å². The Kier molecular flexibility index (Phi) is 1.40. The van der Waals surface area contributed by atoms with Crippen LogP contribution >= 0.6 is 0 Å². The van der Waals surface area contributed by atoms with Gasteiger partial charge in [0.2, 0.25) is 0 Å². The summed E-state index contributed by atoms with van der Waals surface area (Å²) in [6, 6.07) is 0. The molecule has 62 valence electrons. The van der Waals surface area contributed by atoms with Gasteiger partial charge in [-0.1, -0.05) is 12.2 Å². The van der Waals surface area contributed by atoms with Gasteiger partial charge in [0.15, 0.2) is 0 Å². The monoisotopic (exact) mass is 152 g/mol. The highest BCUT2D eigenvalue weighted by molar-refractivity contribution is 5.12. The Balaban J connectivity index is 2.15. The lowest BCUT2D eigenvalue weighted by Crippen LogP contribution is -2.33. The van der Waals surface area contributed by atoms with Gasteiger partial charge in [0.25, 0.3) is 0 Å². The van der Waals surface area contributed by atoms with Crippen molar-refractivity contribution >= 4 is 0 Å². The molecule has 1 heteroatoms. The van der Waals surface area contributed by atoms with Crippen molar-refractivity contribution in [3.05, 3.63) is 12.2 Å². The van der Waals surface area contributed by atoms with Crippen molar-refractivity contribution in [3.63, 3.8) is 0 Å². The van der Waals surface area contributed by atoms with Gasteiger partial charge in [-0.2, -0.15) is 0 Å². The standard InChI is InChI=1S/C10H16O/c1-10(2,11)9-6-7-3-4-8(9)5-7/h3-4,7-9,11H,5-6H2,1-2H3/t7?,8-,9?/m1/s1. The Morgan fingerprint density at radius 2 is 2.00 bits per heavy atom. The van der Waals surface area contributed by atoms with Crippen LogP contribution in [0.4, 0.5) is 0 Å². The lowest BCUT2D eigenvalue weighted by Gasteiger charge is -2.30. The maximum atomic E-state index is 9.81. The lowest BCUT2D eigenvalue weighted by molar-refractivity contribution is 0.00587. The van der Waals surface area contributed by atoms with Crippen LogP contribution in [0.15, 0.2) is 12.2 Å². The molecule has 2 unspecified atom stereocenters. The zero-order valence-electron chi connectivity index (χ0n) is 7.25. The predicted octanol–water partition coefficient (Wildman–Crippen LogP) is 1.97. The third-order valence-corrected chi connectivity index (χ3v) is 3.19. The highest BCUT2D eigenvalue weighted by atomic mass is 16.3. The molecule has 0 aliphatic heterocycles. The Hall–Kier alpha value is -0.300. The number of fused-ring (bicyclic) bond motifs is 2. The van der Waals surface area contributed by atoms with E-state index in [2.05, 4.69) is 12.2 Å². The minimum Gasteiger partial charge on any atom is -0.390 e. The molecule has 0 aromatic rings. The van der Waals surface area contributed by atoms with Crippen molar-refractivity contribution in [2.75, 3.05) is 0 Å². The molecule has 2 aliphatic carbocycles. The van der Waals surface area contributed by atoms with Crippen LogP contribution in [-0.2, 0) is 0 Å². The minimum atomic E-state index is -0.468. The smallest absolute Gasteiger partial charge is 0.0625 e. The van der Waals surface area contributed by atoms with Crippen LogP contribution in [0.25, 0.3) is 0 Å². The molecule has 0 heterocycles. The molecule has 2 rings (SSSR count). The first-order valence-corrected chi connectivity index (χ1v) is 4.48. The van der Waals surface area contributed by atoms with E-state index >= 15 is 0 Å². The zero-order chi connectivity index (χ0) is 8.06. The second kappa shape index (κ2) is 2.10. The second-order valence-electron chi connectivity index (χ2n) is 4.54. The quantitative estimate of drug-likeness (QED) is 0.569. The largest absolute Gasteiger partial charge is 0.390 e. The molecule has 0 aromatic heterocycles. The summed E-state index contributed by atoms with van der Waals surface area (Å²) in [6.07, 6.45) is 7.09. The summed E-state index contributed by atoms with van der Waals surface area (Å²) in [5.74, 6) is 1.95. The Morgan fingerprint density at radius 1 is 1.27 bits per heavy atom. The van der Waals surface area contributed by atoms with Gasteiger partial charge in [-0.05, 0) is 44.4 Å². The van der Waals surface area contributed by atoms with Gasteiger partial charge < -0.3 is 5.11 Å². The molecule has 1 N–H and O–H groups in total. The molecule has 0 aromatic carbocycles. The molecule has 2 aliphatic rings. The second-order valence-corrected chi connectivity index (χ2v) is 4.54. The van der Waals surface area contributed by atoms with E-state index in [1.807, 2.05) is 13.8 Å². The SMILES string of the molecule is CC(C)(O)C1CC2C=C[C@@H]1C2. The third kappa shape index (κ3) is 1.12. The third-order valence-electron chi connectivity index (χ3n) is 3.19. The van der Waals surface area contributed by atoms with E-state index in [9.17, 15) is 5.11 Å². The first-order valence-electron chi connectivity index (χ1n) is 4.48. The van der Waals surface area contributed by atoms with E-state index in [0.29, 0.717) is 11.8 Å². The molecule has 0 spiro atoms. The molecule has 0 amide bonds. The highest BCUT2D eigenvalue weighted by Gasteiger charge is 2.42. The van der Waals surface area contributed by atoms with Crippen LogP contribution in [-0.4, -0.2) is 10.7 Å². The summed E-state index contributed by atoms with van der Waals surface area (Å²) in [4.78, 5) is 0. The van der Waals surface area contributed by atoms with E-state index in [1.54, 1.807) is 0 Å². The average Bonchev–Trinajstić information content (AvgIpc) is 2.42. The zero-order valence-corrected chi connectivity index (χ0v) is 7.25. The normalized spacial score (nSPS) is 41.9. The molecular formula is C10H16O. The molecule has 11 heavy (non-hydrogen) atoms. The number of rotatable bonds is 1. The summed E-state index contributed by atoms with van der Waals surface area (Å²) >= 11 is 0. The summed E-state index contributed by atoms with van der Waals surface area (Å²) < 4.78 is 0. The van der Waals surface area contributed by atoms with Gasteiger partial charge in [0, 0.05) is 0 Å². The number of hydrogen-bond donors (Lipinski definition) is 1. The van der Waals surface area contributed by atoms with Crippen molar-refractivity contribution in [2.24, 2.45) is 17.8 Å². The fourth-order valence-corrected chi connectivity index (χ4v) is 2.59. The summed E-state index contributed by atoms with van der Waals surface area (Å²) in [6.45, 7) is 3.87. The van der Waals surface area contributed by atoms with E-state index in [0.717, 1.165) is 5.92 Å². The molecule has 1 fully saturated rings. The first-order chi connectivity index (χ1) is 5.07. The van der Waals surface area contributed by atoms with E-state index in [1.165, 1.54) is 12.8 Å². The van der Waals surface area contributed by atoms with Crippen LogP contribution < -0.4 is 0 Å². The summed E-state index contributed by atoms with van der Waals surface area (Å²) in [5, 5.41) is 9.81. The van der Waals surface area contributed by atoms with Gasteiger partial charge in [-0.25, -0.2) is 0 Å².